The van der Waals surface area contributed by atoms with Crippen LogP contribution in [-0.4, -0.2) is 25.7 Å². The second kappa shape index (κ2) is 4.73. The van der Waals surface area contributed by atoms with Gasteiger partial charge in [0.1, 0.15) is 0 Å². The maximum absolute atomic E-state index is 3.41. The Morgan fingerprint density at radius 3 is 2.18 bits per heavy atom. The van der Waals surface area contributed by atoms with Crippen molar-refractivity contribution in [3.05, 3.63) is 0 Å². The predicted molar refractivity (Wildman–Crippen MR) is 50.8 cm³/mol. The second-order valence-electron chi connectivity index (χ2n) is 4.16. The van der Waals surface area contributed by atoms with Crippen molar-refractivity contribution in [3.8, 4) is 0 Å². The van der Waals surface area contributed by atoms with Gasteiger partial charge in [0.05, 0.1) is 0 Å². The summed E-state index contributed by atoms with van der Waals surface area (Å²) in [5.41, 5.74) is 0.217. The van der Waals surface area contributed by atoms with Crippen LogP contribution in [0.4, 0.5) is 0 Å². The van der Waals surface area contributed by atoms with Gasteiger partial charge in [-0.05, 0) is 33.4 Å². The lowest BCUT2D eigenvalue weighted by atomic mass is 10.1. The highest BCUT2D eigenvalue weighted by molar-refractivity contribution is 4.77. The van der Waals surface area contributed by atoms with E-state index in [0.717, 1.165) is 19.0 Å². The van der Waals surface area contributed by atoms with Crippen molar-refractivity contribution < 1.29 is 0 Å². The van der Waals surface area contributed by atoms with Crippen LogP contribution in [0.25, 0.3) is 0 Å². The molecule has 0 radical (unpaired) electrons. The Kier molecular flexibility index (Phi) is 4.69. The normalized spacial score (nSPS) is 12.5. The monoisotopic (exact) mass is 158 g/mol. The molecule has 0 unspecified atom stereocenters. The Morgan fingerprint density at radius 2 is 1.82 bits per heavy atom. The first-order valence-electron chi connectivity index (χ1n) is 4.37. The van der Waals surface area contributed by atoms with Gasteiger partial charge in [-0.15, -0.1) is 0 Å². The van der Waals surface area contributed by atoms with E-state index >= 15 is 0 Å². The van der Waals surface area contributed by atoms with Crippen LogP contribution in [0.3, 0.4) is 0 Å². The van der Waals surface area contributed by atoms with E-state index in [9.17, 15) is 0 Å². The molecule has 0 amide bonds. The van der Waals surface area contributed by atoms with Gasteiger partial charge >= 0.3 is 0 Å². The molecule has 0 spiro atoms. The Labute approximate surface area is 70.8 Å². The Balaban J connectivity index is 3.38. The molecule has 0 aromatic rings. The molecule has 11 heavy (non-hydrogen) atoms. The topological polar surface area (TPSA) is 24.1 Å². The standard InChI is InChI=1S/C9H22N2/c1-8(2)6-11-7-9(3,4)10-5/h8,10-11H,6-7H2,1-5H3. The lowest BCUT2D eigenvalue weighted by molar-refractivity contribution is 0.382. The molecular weight excluding hydrogens is 136 g/mol. The Bertz CT molecular complexity index is 97.7. The summed E-state index contributed by atoms with van der Waals surface area (Å²) in [6.45, 7) is 11.0. The van der Waals surface area contributed by atoms with Crippen LogP contribution in [-0.2, 0) is 0 Å². The van der Waals surface area contributed by atoms with E-state index in [0.29, 0.717) is 0 Å². The predicted octanol–water partition coefficient (Wildman–Crippen LogP) is 1.23. The highest BCUT2D eigenvalue weighted by Crippen LogP contribution is 1.98. The van der Waals surface area contributed by atoms with E-state index < -0.39 is 0 Å². The first-order chi connectivity index (χ1) is 4.98. The second-order valence-corrected chi connectivity index (χ2v) is 4.16. The van der Waals surface area contributed by atoms with Crippen LogP contribution < -0.4 is 10.6 Å². The molecule has 0 fully saturated rings. The summed E-state index contributed by atoms with van der Waals surface area (Å²) in [7, 11) is 2.00. The molecule has 0 aromatic carbocycles. The van der Waals surface area contributed by atoms with Crippen molar-refractivity contribution in [2.75, 3.05) is 20.1 Å². The van der Waals surface area contributed by atoms with Crippen LogP contribution in [0.15, 0.2) is 0 Å². The van der Waals surface area contributed by atoms with Gasteiger partial charge in [-0.3, -0.25) is 0 Å². The van der Waals surface area contributed by atoms with Crippen LogP contribution >= 0.6 is 0 Å². The van der Waals surface area contributed by atoms with Crippen LogP contribution in [0.5, 0.6) is 0 Å². The molecule has 68 valence electrons. The summed E-state index contributed by atoms with van der Waals surface area (Å²) in [4.78, 5) is 0. The SMILES string of the molecule is CNC(C)(C)CNCC(C)C. The van der Waals surface area contributed by atoms with E-state index in [1.165, 1.54) is 0 Å². The van der Waals surface area contributed by atoms with Crippen LogP contribution in [0, 0.1) is 5.92 Å². The minimum Gasteiger partial charge on any atom is -0.315 e. The summed E-state index contributed by atoms with van der Waals surface area (Å²) in [6.07, 6.45) is 0. The third-order valence-corrected chi connectivity index (χ3v) is 1.80. The van der Waals surface area contributed by atoms with Crippen molar-refractivity contribution in [2.24, 2.45) is 5.92 Å². The number of hydrogen-bond acceptors (Lipinski definition) is 2. The molecule has 0 heterocycles. The van der Waals surface area contributed by atoms with Crippen molar-refractivity contribution in [3.63, 3.8) is 0 Å². The zero-order valence-electron chi connectivity index (χ0n) is 8.49. The first-order valence-corrected chi connectivity index (χ1v) is 4.37. The maximum Gasteiger partial charge on any atom is 0.0246 e. The highest BCUT2D eigenvalue weighted by Gasteiger charge is 2.12. The van der Waals surface area contributed by atoms with Gasteiger partial charge in [0.25, 0.3) is 0 Å². The number of nitrogens with one attached hydrogen (secondary N) is 2. The highest BCUT2D eigenvalue weighted by atomic mass is 15.0. The largest absolute Gasteiger partial charge is 0.315 e. The lowest BCUT2D eigenvalue weighted by Gasteiger charge is -2.24. The van der Waals surface area contributed by atoms with E-state index in [1.807, 2.05) is 7.05 Å². The molecular formula is C9H22N2. The van der Waals surface area contributed by atoms with Gasteiger partial charge in [-0.2, -0.15) is 0 Å². The zero-order chi connectivity index (χ0) is 8.91. The van der Waals surface area contributed by atoms with Gasteiger partial charge in [0, 0.05) is 12.1 Å². The van der Waals surface area contributed by atoms with Crippen LogP contribution in [0.1, 0.15) is 27.7 Å². The zero-order valence-corrected chi connectivity index (χ0v) is 8.49. The quantitative estimate of drug-likeness (QED) is 0.629. The van der Waals surface area contributed by atoms with Gasteiger partial charge < -0.3 is 10.6 Å². The lowest BCUT2D eigenvalue weighted by Crippen LogP contribution is -2.46. The number of rotatable bonds is 5. The van der Waals surface area contributed by atoms with E-state index in [4.69, 9.17) is 0 Å². The molecule has 0 aliphatic heterocycles. The third-order valence-electron chi connectivity index (χ3n) is 1.80. The Morgan fingerprint density at radius 1 is 1.27 bits per heavy atom. The van der Waals surface area contributed by atoms with Crippen LogP contribution in [0.2, 0.25) is 0 Å². The molecule has 2 nitrogen and oxygen atoms in total. The molecule has 0 saturated carbocycles. The molecule has 0 atom stereocenters. The van der Waals surface area contributed by atoms with Crippen molar-refractivity contribution in [2.45, 2.75) is 33.2 Å². The average Bonchev–Trinajstić information content (AvgIpc) is 1.87. The summed E-state index contributed by atoms with van der Waals surface area (Å²) in [5.74, 6) is 0.739. The summed E-state index contributed by atoms with van der Waals surface area (Å²) >= 11 is 0. The fourth-order valence-corrected chi connectivity index (χ4v) is 0.762. The van der Waals surface area contributed by atoms with Crippen molar-refractivity contribution in [1.82, 2.24) is 10.6 Å². The van der Waals surface area contributed by atoms with Gasteiger partial charge in [-0.1, -0.05) is 13.8 Å². The molecule has 2 N–H and O–H groups in total. The van der Waals surface area contributed by atoms with Gasteiger partial charge in [0.2, 0.25) is 0 Å². The van der Waals surface area contributed by atoms with E-state index in [1.54, 1.807) is 0 Å². The Hall–Kier alpha value is -0.0800. The summed E-state index contributed by atoms with van der Waals surface area (Å²) < 4.78 is 0. The smallest absolute Gasteiger partial charge is 0.0246 e. The van der Waals surface area contributed by atoms with Crippen molar-refractivity contribution in [1.29, 1.82) is 0 Å². The molecule has 0 bridgehead atoms. The number of hydrogen-bond donors (Lipinski definition) is 2. The molecule has 2 heteroatoms. The maximum atomic E-state index is 3.41. The van der Waals surface area contributed by atoms with E-state index in [-0.39, 0.29) is 5.54 Å². The summed E-state index contributed by atoms with van der Waals surface area (Å²) in [5, 5.41) is 6.67. The first kappa shape index (κ1) is 10.9. The van der Waals surface area contributed by atoms with E-state index in [2.05, 4.69) is 38.3 Å². The minimum atomic E-state index is 0.217. The van der Waals surface area contributed by atoms with Gasteiger partial charge in [0.15, 0.2) is 0 Å². The molecule has 0 aliphatic carbocycles. The summed E-state index contributed by atoms with van der Waals surface area (Å²) in [6, 6.07) is 0. The molecule has 0 saturated heterocycles. The number of likely N-dealkylation sites (N-methyl/N-ethyl adjacent to an activating group) is 1. The minimum absolute atomic E-state index is 0.217. The van der Waals surface area contributed by atoms with Gasteiger partial charge in [-0.25, -0.2) is 0 Å². The molecule has 0 rings (SSSR count). The fourth-order valence-electron chi connectivity index (χ4n) is 0.762. The average molecular weight is 158 g/mol. The van der Waals surface area contributed by atoms with Crippen molar-refractivity contribution >= 4 is 0 Å². The molecule has 0 aliphatic rings. The molecule has 0 aromatic heterocycles. The fraction of sp³-hybridized carbons (Fsp3) is 1.00. The third kappa shape index (κ3) is 6.32.